The van der Waals surface area contributed by atoms with Crippen LogP contribution in [0.5, 0.6) is 0 Å². The summed E-state index contributed by atoms with van der Waals surface area (Å²) < 4.78 is 1.72. The Morgan fingerprint density at radius 3 is 2.88 bits per heavy atom. The molecule has 0 aliphatic heterocycles. The van der Waals surface area contributed by atoms with Crippen LogP contribution in [0.4, 0.5) is 0 Å². The topological polar surface area (TPSA) is 67.2 Å². The fourth-order valence-electron chi connectivity index (χ4n) is 2.45. The van der Waals surface area contributed by atoms with Crippen LogP contribution < -0.4 is 5.32 Å². The summed E-state index contributed by atoms with van der Waals surface area (Å²) >= 11 is 12.1. The number of aromatic nitrogens is 2. The molecule has 1 heterocycles. The number of benzene rings is 1. The summed E-state index contributed by atoms with van der Waals surface area (Å²) in [6.45, 7) is 0.433. The molecule has 2 aromatic rings. The lowest BCUT2D eigenvalue weighted by Gasteiger charge is -2.14. The highest BCUT2D eigenvalue weighted by molar-refractivity contribution is 6.42. The van der Waals surface area contributed by atoms with Crippen LogP contribution in [-0.2, 0) is 24.7 Å². The summed E-state index contributed by atoms with van der Waals surface area (Å²) in [5.41, 5.74) is 1.89. The maximum atomic E-state index is 12.0. The number of hydrogen-bond acceptors (Lipinski definition) is 3. The van der Waals surface area contributed by atoms with E-state index in [-0.39, 0.29) is 18.4 Å². The number of carbonyl (C=O) groups excluding carboxylic acids is 1. The molecular weight excluding hydrogens is 349 g/mol. The van der Waals surface area contributed by atoms with Gasteiger partial charge >= 0.3 is 0 Å². The van der Waals surface area contributed by atoms with E-state index < -0.39 is 0 Å². The molecule has 7 heteroatoms. The van der Waals surface area contributed by atoms with Gasteiger partial charge in [-0.15, -0.1) is 0 Å². The van der Waals surface area contributed by atoms with E-state index >= 15 is 0 Å². The van der Waals surface area contributed by atoms with E-state index in [1.165, 1.54) is 0 Å². The highest BCUT2D eigenvalue weighted by Crippen LogP contribution is 2.26. The van der Waals surface area contributed by atoms with Crippen LogP contribution in [-0.4, -0.2) is 33.9 Å². The first-order valence-corrected chi connectivity index (χ1v) is 8.53. The Hall–Kier alpha value is -1.56. The number of hydrogen-bond donors (Lipinski definition) is 2. The highest BCUT2D eigenvalue weighted by Gasteiger charge is 2.12. The number of amides is 1. The molecule has 1 amide bonds. The molecule has 0 fully saturated rings. The maximum Gasteiger partial charge on any atom is 0.220 e. The predicted molar refractivity (Wildman–Crippen MR) is 95.3 cm³/mol. The van der Waals surface area contributed by atoms with Crippen LogP contribution >= 0.6 is 23.2 Å². The second-order valence-electron chi connectivity index (χ2n) is 5.79. The van der Waals surface area contributed by atoms with Crippen molar-refractivity contribution in [3.63, 3.8) is 0 Å². The van der Waals surface area contributed by atoms with Crippen molar-refractivity contribution < 1.29 is 9.90 Å². The second-order valence-corrected chi connectivity index (χ2v) is 6.58. The molecule has 24 heavy (non-hydrogen) atoms. The van der Waals surface area contributed by atoms with Crippen molar-refractivity contribution in [2.45, 2.75) is 19.3 Å². The molecule has 2 rings (SSSR count). The summed E-state index contributed by atoms with van der Waals surface area (Å²) in [7, 11) is 1.85. The Bertz CT molecular complexity index is 688. The van der Waals surface area contributed by atoms with Crippen molar-refractivity contribution in [1.82, 2.24) is 15.1 Å². The average molecular weight is 370 g/mol. The van der Waals surface area contributed by atoms with E-state index in [9.17, 15) is 9.90 Å². The summed E-state index contributed by atoms with van der Waals surface area (Å²) in [6.07, 6.45) is 5.20. The number of nitrogens with one attached hydrogen (secondary N) is 1. The van der Waals surface area contributed by atoms with Crippen molar-refractivity contribution in [1.29, 1.82) is 0 Å². The van der Waals surface area contributed by atoms with Gasteiger partial charge in [0.2, 0.25) is 5.91 Å². The lowest BCUT2D eigenvalue weighted by atomic mass is 10.0. The Morgan fingerprint density at radius 2 is 2.21 bits per heavy atom. The van der Waals surface area contributed by atoms with Crippen molar-refractivity contribution in [3.05, 3.63) is 51.8 Å². The molecule has 130 valence electrons. The van der Waals surface area contributed by atoms with Crippen molar-refractivity contribution in [2.75, 3.05) is 13.2 Å². The number of aliphatic hydroxyl groups excluding tert-OH is 1. The minimum atomic E-state index is -0.0734. The summed E-state index contributed by atoms with van der Waals surface area (Å²) in [4.78, 5) is 12.0. The van der Waals surface area contributed by atoms with E-state index in [0.29, 0.717) is 35.9 Å². The van der Waals surface area contributed by atoms with Gasteiger partial charge in [-0.05, 0) is 30.0 Å². The Labute approximate surface area is 151 Å². The normalized spacial score (nSPS) is 12.2. The van der Waals surface area contributed by atoms with Gasteiger partial charge in [-0.3, -0.25) is 9.48 Å². The van der Waals surface area contributed by atoms with Gasteiger partial charge in [-0.2, -0.15) is 5.10 Å². The number of halogens is 2. The zero-order valence-electron chi connectivity index (χ0n) is 13.5. The molecule has 0 spiro atoms. The fraction of sp³-hybridized carbons (Fsp3) is 0.412. The van der Waals surface area contributed by atoms with Crippen LogP contribution in [0.1, 0.15) is 17.5 Å². The van der Waals surface area contributed by atoms with Gasteiger partial charge in [-0.1, -0.05) is 35.3 Å². The highest BCUT2D eigenvalue weighted by atomic mass is 35.5. The lowest BCUT2D eigenvalue weighted by Crippen LogP contribution is -2.32. The molecule has 0 radical (unpaired) electrons. The number of aliphatic hydroxyl groups is 1. The molecule has 0 saturated carbocycles. The van der Waals surface area contributed by atoms with Gasteiger partial charge in [0.1, 0.15) is 0 Å². The van der Waals surface area contributed by atoms with Gasteiger partial charge < -0.3 is 10.4 Å². The second kappa shape index (κ2) is 9.06. The van der Waals surface area contributed by atoms with Crippen LogP contribution in [0.2, 0.25) is 10.0 Å². The molecule has 0 aliphatic carbocycles. The van der Waals surface area contributed by atoms with E-state index in [4.69, 9.17) is 23.2 Å². The minimum Gasteiger partial charge on any atom is -0.396 e. The first-order valence-electron chi connectivity index (χ1n) is 7.77. The van der Waals surface area contributed by atoms with Gasteiger partial charge in [-0.25, -0.2) is 0 Å². The Balaban J connectivity index is 1.78. The van der Waals surface area contributed by atoms with Crippen molar-refractivity contribution >= 4 is 29.1 Å². The number of nitrogens with zero attached hydrogens (tertiary/aromatic N) is 2. The molecule has 1 aromatic heterocycles. The quantitative estimate of drug-likeness (QED) is 0.751. The standard InChI is InChI=1S/C17H21Cl2N3O2/c1-22-10-12(9-21-22)7-13(11-23)8-20-16(24)6-5-14-3-2-4-15(18)17(14)19/h2-4,9-10,13,23H,5-8,11H2,1H3,(H,20,24). The molecule has 2 N–H and O–H groups in total. The fourth-order valence-corrected chi connectivity index (χ4v) is 2.86. The average Bonchev–Trinajstić information content (AvgIpc) is 2.97. The molecular formula is C17H21Cl2N3O2. The van der Waals surface area contributed by atoms with E-state index in [2.05, 4.69) is 10.4 Å². The van der Waals surface area contributed by atoms with Crippen molar-refractivity contribution in [3.8, 4) is 0 Å². The van der Waals surface area contributed by atoms with Gasteiger partial charge in [0.15, 0.2) is 0 Å². The van der Waals surface area contributed by atoms with Crippen molar-refractivity contribution in [2.24, 2.45) is 13.0 Å². The van der Waals surface area contributed by atoms with Gasteiger partial charge in [0.25, 0.3) is 0 Å². The van der Waals surface area contributed by atoms with Gasteiger partial charge in [0.05, 0.1) is 16.2 Å². The molecule has 1 unspecified atom stereocenters. The third-order valence-corrected chi connectivity index (χ3v) is 4.64. The summed E-state index contributed by atoms with van der Waals surface area (Å²) in [5, 5.41) is 17.4. The molecule has 0 bridgehead atoms. The van der Waals surface area contributed by atoms with Crippen LogP contribution in [0, 0.1) is 5.92 Å². The molecule has 1 aromatic carbocycles. The number of rotatable bonds is 8. The van der Waals surface area contributed by atoms with Crippen LogP contribution in [0.15, 0.2) is 30.6 Å². The zero-order chi connectivity index (χ0) is 17.5. The number of aryl methyl sites for hydroxylation is 2. The van der Waals surface area contributed by atoms with E-state index in [1.54, 1.807) is 16.9 Å². The lowest BCUT2D eigenvalue weighted by molar-refractivity contribution is -0.121. The largest absolute Gasteiger partial charge is 0.396 e. The van der Waals surface area contributed by atoms with Gasteiger partial charge in [0, 0.05) is 38.7 Å². The number of carbonyl (C=O) groups is 1. The zero-order valence-corrected chi connectivity index (χ0v) is 15.0. The van der Waals surface area contributed by atoms with Crippen LogP contribution in [0.3, 0.4) is 0 Å². The first kappa shape index (κ1) is 18.8. The molecule has 5 nitrogen and oxygen atoms in total. The smallest absolute Gasteiger partial charge is 0.220 e. The molecule has 0 saturated heterocycles. The minimum absolute atomic E-state index is 0.00922. The van der Waals surface area contributed by atoms with Crippen LogP contribution in [0.25, 0.3) is 0 Å². The molecule has 0 aliphatic rings. The summed E-state index contributed by atoms with van der Waals surface area (Å²) in [6, 6.07) is 5.40. The summed E-state index contributed by atoms with van der Waals surface area (Å²) in [5.74, 6) is -0.108. The third-order valence-electron chi connectivity index (χ3n) is 3.78. The Kier molecular flexibility index (Phi) is 7.09. The predicted octanol–water partition coefficient (Wildman–Crippen LogP) is 2.63. The first-order chi connectivity index (χ1) is 11.5. The van der Waals surface area contributed by atoms with E-state index in [1.807, 2.05) is 25.4 Å². The SMILES string of the molecule is Cn1cc(CC(CO)CNC(=O)CCc2cccc(Cl)c2Cl)cn1. The monoisotopic (exact) mass is 369 g/mol. The molecule has 1 atom stereocenters. The Morgan fingerprint density at radius 1 is 1.42 bits per heavy atom. The maximum absolute atomic E-state index is 12.0. The third kappa shape index (κ3) is 5.51. The van der Waals surface area contributed by atoms with E-state index in [0.717, 1.165) is 11.1 Å².